The van der Waals surface area contributed by atoms with Gasteiger partial charge in [-0.2, -0.15) is 0 Å². The van der Waals surface area contributed by atoms with Gasteiger partial charge in [-0.1, -0.05) is 49.4 Å². The first-order valence-corrected chi connectivity index (χ1v) is 9.83. The number of hydrogen-bond acceptors (Lipinski definition) is 3. The van der Waals surface area contributed by atoms with Crippen LogP contribution in [-0.2, 0) is 4.79 Å². The van der Waals surface area contributed by atoms with E-state index in [4.69, 9.17) is 4.74 Å². The van der Waals surface area contributed by atoms with Crippen LogP contribution in [0.15, 0.2) is 84.9 Å². The Morgan fingerprint density at radius 3 is 2.13 bits per heavy atom. The topological polar surface area (TPSA) is 67.4 Å². The second kappa shape index (κ2) is 10.6. The molecule has 0 saturated carbocycles. The van der Waals surface area contributed by atoms with Crippen molar-refractivity contribution in [3.63, 3.8) is 0 Å². The Bertz CT molecular complexity index is 1010. The molecule has 0 radical (unpaired) electrons. The number of ether oxygens (including phenoxy) is 1. The van der Waals surface area contributed by atoms with Gasteiger partial charge >= 0.3 is 0 Å². The van der Waals surface area contributed by atoms with E-state index in [1.165, 1.54) is 6.08 Å². The van der Waals surface area contributed by atoms with Gasteiger partial charge in [-0.15, -0.1) is 0 Å². The van der Waals surface area contributed by atoms with Crippen molar-refractivity contribution in [2.24, 2.45) is 0 Å². The molecule has 0 spiro atoms. The minimum absolute atomic E-state index is 0.238. The van der Waals surface area contributed by atoms with Crippen LogP contribution in [0.3, 0.4) is 0 Å². The van der Waals surface area contributed by atoms with Gasteiger partial charge in [0.25, 0.3) is 5.91 Å². The Morgan fingerprint density at radius 1 is 0.833 bits per heavy atom. The molecule has 0 aliphatic rings. The van der Waals surface area contributed by atoms with Crippen molar-refractivity contribution in [3.8, 4) is 5.75 Å². The number of benzene rings is 3. The highest BCUT2D eigenvalue weighted by atomic mass is 16.5. The average molecular weight is 400 g/mol. The summed E-state index contributed by atoms with van der Waals surface area (Å²) in [6, 6.07) is 23.5. The number of amides is 2. The van der Waals surface area contributed by atoms with E-state index in [2.05, 4.69) is 17.6 Å². The number of nitrogens with one attached hydrogen (secondary N) is 2. The fourth-order valence-corrected chi connectivity index (χ4v) is 2.73. The van der Waals surface area contributed by atoms with Crippen LogP contribution in [-0.4, -0.2) is 18.4 Å². The molecule has 0 bridgehead atoms. The molecule has 0 aliphatic carbocycles. The third-order valence-electron chi connectivity index (χ3n) is 4.25. The van der Waals surface area contributed by atoms with E-state index in [9.17, 15) is 9.59 Å². The quantitative estimate of drug-likeness (QED) is 0.499. The zero-order chi connectivity index (χ0) is 21.2. The number of carbonyl (C=O) groups is 2. The largest absolute Gasteiger partial charge is 0.494 e. The summed E-state index contributed by atoms with van der Waals surface area (Å²) in [5, 5.41) is 5.65. The predicted octanol–water partition coefficient (Wildman–Crippen LogP) is 5.38. The second-order valence-corrected chi connectivity index (χ2v) is 6.61. The summed E-state index contributed by atoms with van der Waals surface area (Å²) < 4.78 is 5.55. The molecule has 152 valence electrons. The summed E-state index contributed by atoms with van der Waals surface area (Å²) in [6.45, 7) is 2.73. The second-order valence-electron chi connectivity index (χ2n) is 6.61. The van der Waals surface area contributed by atoms with Gasteiger partial charge < -0.3 is 15.4 Å². The van der Waals surface area contributed by atoms with E-state index in [-0.39, 0.29) is 11.8 Å². The highest BCUT2D eigenvalue weighted by Gasteiger charge is 2.09. The van der Waals surface area contributed by atoms with Gasteiger partial charge in [-0.05, 0) is 54.5 Å². The van der Waals surface area contributed by atoms with Crippen molar-refractivity contribution < 1.29 is 14.3 Å². The average Bonchev–Trinajstić information content (AvgIpc) is 2.79. The fraction of sp³-hybridized carbons (Fsp3) is 0.120. The Morgan fingerprint density at radius 2 is 1.47 bits per heavy atom. The number of carbonyl (C=O) groups excluding carboxylic acids is 2. The molecule has 5 heteroatoms. The molecule has 3 aromatic rings. The van der Waals surface area contributed by atoms with E-state index in [0.29, 0.717) is 23.5 Å². The first-order chi connectivity index (χ1) is 14.7. The third-order valence-corrected chi connectivity index (χ3v) is 4.25. The summed E-state index contributed by atoms with van der Waals surface area (Å²) in [7, 11) is 0. The monoisotopic (exact) mass is 400 g/mol. The third kappa shape index (κ3) is 6.07. The minimum Gasteiger partial charge on any atom is -0.494 e. The van der Waals surface area contributed by atoms with Crippen molar-refractivity contribution in [1.82, 2.24) is 0 Å². The molecule has 2 amide bonds. The standard InChI is InChI=1S/C25H24N2O3/c1-2-18-30-21-15-12-19(13-16-21)14-17-24(28)26-22-10-6-7-11-23(22)27-25(29)20-8-4-3-5-9-20/h3-17H,2,18H2,1H3,(H,26,28)(H,27,29)/b17-14+. The van der Waals surface area contributed by atoms with Gasteiger partial charge in [0.2, 0.25) is 5.91 Å². The molecule has 0 atom stereocenters. The maximum Gasteiger partial charge on any atom is 0.255 e. The lowest BCUT2D eigenvalue weighted by atomic mass is 10.2. The van der Waals surface area contributed by atoms with Crippen molar-refractivity contribution in [1.29, 1.82) is 0 Å². The van der Waals surface area contributed by atoms with Gasteiger partial charge in [-0.25, -0.2) is 0 Å². The molecule has 30 heavy (non-hydrogen) atoms. The smallest absolute Gasteiger partial charge is 0.255 e. The van der Waals surface area contributed by atoms with E-state index in [1.807, 2.05) is 30.3 Å². The molecular weight excluding hydrogens is 376 g/mol. The number of para-hydroxylation sites is 2. The molecule has 0 aromatic heterocycles. The van der Waals surface area contributed by atoms with Crippen molar-refractivity contribution in [2.75, 3.05) is 17.2 Å². The highest BCUT2D eigenvalue weighted by Crippen LogP contribution is 2.22. The Kier molecular flexibility index (Phi) is 7.39. The summed E-state index contributed by atoms with van der Waals surface area (Å²) in [4.78, 5) is 24.8. The zero-order valence-corrected chi connectivity index (χ0v) is 16.8. The van der Waals surface area contributed by atoms with Crippen LogP contribution in [0.4, 0.5) is 11.4 Å². The lowest BCUT2D eigenvalue weighted by Crippen LogP contribution is -2.15. The Hall–Kier alpha value is -3.86. The van der Waals surface area contributed by atoms with Crippen LogP contribution in [0, 0.1) is 0 Å². The first-order valence-electron chi connectivity index (χ1n) is 9.83. The fourth-order valence-electron chi connectivity index (χ4n) is 2.73. The van der Waals surface area contributed by atoms with Crippen LogP contribution in [0.2, 0.25) is 0 Å². The van der Waals surface area contributed by atoms with Gasteiger partial charge in [0.15, 0.2) is 0 Å². The first kappa shape index (κ1) is 20.9. The summed E-state index contributed by atoms with van der Waals surface area (Å²) >= 11 is 0. The van der Waals surface area contributed by atoms with E-state index < -0.39 is 0 Å². The van der Waals surface area contributed by atoms with Gasteiger partial charge in [-0.3, -0.25) is 9.59 Å². The van der Waals surface area contributed by atoms with Gasteiger partial charge in [0.1, 0.15) is 5.75 Å². The van der Waals surface area contributed by atoms with Crippen LogP contribution >= 0.6 is 0 Å². The maximum absolute atomic E-state index is 12.4. The van der Waals surface area contributed by atoms with Crippen molar-refractivity contribution >= 4 is 29.3 Å². The Labute approximate surface area is 176 Å². The highest BCUT2D eigenvalue weighted by molar-refractivity contribution is 6.09. The molecular formula is C25H24N2O3. The summed E-state index contributed by atoms with van der Waals surface area (Å²) in [6.07, 6.45) is 4.14. The zero-order valence-electron chi connectivity index (χ0n) is 16.8. The normalized spacial score (nSPS) is 10.6. The van der Waals surface area contributed by atoms with Gasteiger partial charge in [0.05, 0.1) is 18.0 Å². The van der Waals surface area contributed by atoms with E-state index in [0.717, 1.165) is 17.7 Å². The molecule has 0 saturated heterocycles. The van der Waals surface area contributed by atoms with Crippen LogP contribution in [0.5, 0.6) is 5.75 Å². The number of hydrogen-bond donors (Lipinski definition) is 2. The van der Waals surface area contributed by atoms with Crippen LogP contribution in [0.1, 0.15) is 29.3 Å². The lowest BCUT2D eigenvalue weighted by Gasteiger charge is -2.11. The lowest BCUT2D eigenvalue weighted by molar-refractivity contribution is -0.111. The van der Waals surface area contributed by atoms with E-state index in [1.54, 1.807) is 54.6 Å². The maximum atomic E-state index is 12.4. The van der Waals surface area contributed by atoms with E-state index >= 15 is 0 Å². The van der Waals surface area contributed by atoms with Gasteiger partial charge in [0, 0.05) is 11.6 Å². The molecule has 0 unspecified atom stereocenters. The van der Waals surface area contributed by atoms with Crippen LogP contribution < -0.4 is 15.4 Å². The molecule has 0 fully saturated rings. The Balaban J connectivity index is 1.62. The molecule has 3 rings (SSSR count). The van der Waals surface area contributed by atoms with Crippen LogP contribution in [0.25, 0.3) is 6.08 Å². The van der Waals surface area contributed by atoms with Crippen molar-refractivity contribution in [2.45, 2.75) is 13.3 Å². The molecule has 0 aliphatic heterocycles. The van der Waals surface area contributed by atoms with Crippen molar-refractivity contribution in [3.05, 3.63) is 96.1 Å². The SMILES string of the molecule is CCCOc1ccc(/C=C/C(=O)Nc2ccccc2NC(=O)c2ccccc2)cc1. The summed E-state index contributed by atoms with van der Waals surface area (Å²) in [5.41, 5.74) is 2.50. The summed E-state index contributed by atoms with van der Waals surface area (Å²) in [5.74, 6) is 0.280. The predicted molar refractivity (Wildman–Crippen MR) is 121 cm³/mol. The minimum atomic E-state index is -0.289. The molecule has 0 heterocycles. The number of anilines is 2. The molecule has 2 N–H and O–H groups in total. The number of rotatable bonds is 8. The molecule has 5 nitrogen and oxygen atoms in total. The molecule has 3 aromatic carbocycles.